The molecule has 7 heteroatoms. The van der Waals surface area contributed by atoms with Crippen molar-refractivity contribution in [3.05, 3.63) is 66.6 Å². The summed E-state index contributed by atoms with van der Waals surface area (Å²) in [4.78, 5) is 27.5. The molecular formula is C22H23N5O2. The van der Waals surface area contributed by atoms with E-state index in [4.69, 9.17) is 4.74 Å². The summed E-state index contributed by atoms with van der Waals surface area (Å²) >= 11 is 0. The second-order valence-electron chi connectivity index (χ2n) is 6.85. The van der Waals surface area contributed by atoms with Gasteiger partial charge in [-0.3, -0.25) is 4.79 Å². The molecule has 1 aliphatic heterocycles. The molecule has 0 saturated carbocycles. The summed E-state index contributed by atoms with van der Waals surface area (Å²) in [6.07, 6.45) is 3.26. The summed E-state index contributed by atoms with van der Waals surface area (Å²) in [5, 5.41) is 2.99. The molecule has 148 valence electrons. The molecule has 0 radical (unpaired) electrons. The molecule has 1 aliphatic rings. The average molecular weight is 389 g/mol. The van der Waals surface area contributed by atoms with Crippen molar-refractivity contribution in [2.45, 2.75) is 13.5 Å². The highest BCUT2D eigenvalue weighted by Crippen LogP contribution is 2.26. The molecule has 1 amide bonds. The molecule has 1 fully saturated rings. The van der Waals surface area contributed by atoms with Crippen LogP contribution in [0.3, 0.4) is 0 Å². The Balaban J connectivity index is 1.33. The molecule has 29 heavy (non-hydrogen) atoms. The van der Waals surface area contributed by atoms with E-state index in [1.165, 1.54) is 0 Å². The lowest BCUT2D eigenvalue weighted by molar-refractivity contribution is -0.125. The van der Waals surface area contributed by atoms with Crippen LogP contribution in [0, 0.1) is 5.92 Å². The van der Waals surface area contributed by atoms with Crippen LogP contribution in [-0.2, 0) is 11.3 Å². The maximum atomic E-state index is 12.5. The minimum atomic E-state index is -0.0580. The van der Waals surface area contributed by atoms with Gasteiger partial charge >= 0.3 is 0 Å². The fourth-order valence-electron chi connectivity index (χ4n) is 3.27. The smallest absolute Gasteiger partial charge is 0.226 e. The Morgan fingerprint density at radius 3 is 2.76 bits per heavy atom. The first-order valence-electron chi connectivity index (χ1n) is 9.71. The summed E-state index contributed by atoms with van der Waals surface area (Å²) in [6, 6.07) is 15.7. The van der Waals surface area contributed by atoms with E-state index in [-0.39, 0.29) is 11.8 Å². The number of hydrogen-bond donors (Lipinski definition) is 1. The highest BCUT2D eigenvalue weighted by Gasteiger charge is 2.33. The number of nitrogens with zero attached hydrogens (tertiary/aromatic N) is 4. The SMILES string of the molecule is CCOc1ncccc1CNC(=O)C1CN(c2cc(-c3ccccc3)ncn2)C1. The van der Waals surface area contributed by atoms with E-state index in [9.17, 15) is 4.79 Å². The van der Waals surface area contributed by atoms with E-state index in [0.717, 1.165) is 22.6 Å². The first kappa shape index (κ1) is 18.9. The maximum absolute atomic E-state index is 12.5. The molecule has 0 spiro atoms. The van der Waals surface area contributed by atoms with Gasteiger partial charge in [0, 0.05) is 43.0 Å². The van der Waals surface area contributed by atoms with Gasteiger partial charge in [0.2, 0.25) is 11.8 Å². The minimum Gasteiger partial charge on any atom is -0.478 e. The zero-order valence-electron chi connectivity index (χ0n) is 16.3. The molecule has 0 unspecified atom stereocenters. The number of carbonyl (C=O) groups is 1. The van der Waals surface area contributed by atoms with Gasteiger partial charge in [0.05, 0.1) is 18.2 Å². The number of carbonyl (C=O) groups excluding carboxylic acids is 1. The number of ether oxygens (including phenoxy) is 1. The van der Waals surface area contributed by atoms with Gasteiger partial charge in [-0.05, 0) is 13.0 Å². The first-order valence-corrected chi connectivity index (χ1v) is 9.71. The molecule has 3 aromatic rings. The van der Waals surface area contributed by atoms with E-state index in [0.29, 0.717) is 32.1 Å². The van der Waals surface area contributed by atoms with E-state index >= 15 is 0 Å². The molecule has 1 aromatic carbocycles. The third-order valence-corrected chi connectivity index (χ3v) is 4.88. The van der Waals surface area contributed by atoms with Gasteiger partial charge in [0.1, 0.15) is 12.1 Å². The summed E-state index contributed by atoms with van der Waals surface area (Å²) in [6.45, 7) is 4.14. The van der Waals surface area contributed by atoms with Crippen LogP contribution in [0.4, 0.5) is 5.82 Å². The van der Waals surface area contributed by atoms with Crippen molar-refractivity contribution in [3.8, 4) is 17.1 Å². The third-order valence-electron chi connectivity index (χ3n) is 4.88. The third kappa shape index (κ3) is 4.34. The molecule has 0 bridgehead atoms. The Kier molecular flexibility index (Phi) is 5.65. The maximum Gasteiger partial charge on any atom is 0.226 e. The van der Waals surface area contributed by atoms with E-state index in [1.807, 2.05) is 55.5 Å². The second-order valence-corrected chi connectivity index (χ2v) is 6.85. The Bertz CT molecular complexity index is 974. The zero-order valence-corrected chi connectivity index (χ0v) is 16.3. The van der Waals surface area contributed by atoms with Crippen molar-refractivity contribution in [1.82, 2.24) is 20.3 Å². The minimum absolute atomic E-state index is 0.0323. The fraction of sp³-hybridized carbons (Fsp3) is 0.273. The van der Waals surface area contributed by atoms with Gasteiger partial charge in [-0.1, -0.05) is 36.4 Å². The van der Waals surface area contributed by atoms with Crippen LogP contribution < -0.4 is 15.0 Å². The zero-order chi connectivity index (χ0) is 20.1. The van der Waals surface area contributed by atoms with Crippen molar-refractivity contribution in [2.24, 2.45) is 5.92 Å². The van der Waals surface area contributed by atoms with Crippen molar-refractivity contribution in [1.29, 1.82) is 0 Å². The summed E-state index contributed by atoms with van der Waals surface area (Å²) in [7, 11) is 0. The largest absolute Gasteiger partial charge is 0.478 e. The monoisotopic (exact) mass is 389 g/mol. The van der Waals surface area contributed by atoms with Gasteiger partial charge in [-0.25, -0.2) is 15.0 Å². The standard InChI is InChI=1S/C22H23N5O2/c1-2-29-22-17(9-6-10-23-22)12-24-21(28)18-13-27(14-18)20-11-19(25-15-26-20)16-7-4-3-5-8-16/h3-11,15,18H,2,12-14H2,1H3,(H,24,28). The van der Waals surface area contributed by atoms with Crippen LogP contribution >= 0.6 is 0 Å². The van der Waals surface area contributed by atoms with Crippen LogP contribution in [0.15, 0.2) is 61.1 Å². The molecule has 7 nitrogen and oxygen atoms in total. The lowest BCUT2D eigenvalue weighted by Crippen LogP contribution is -2.54. The molecule has 0 atom stereocenters. The van der Waals surface area contributed by atoms with E-state index in [1.54, 1.807) is 12.5 Å². The fourth-order valence-corrected chi connectivity index (χ4v) is 3.27. The number of anilines is 1. The lowest BCUT2D eigenvalue weighted by atomic mass is 9.99. The lowest BCUT2D eigenvalue weighted by Gasteiger charge is -2.39. The number of amides is 1. The number of benzene rings is 1. The van der Waals surface area contributed by atoms with Gasteiger partial charge in [-0.15, -0.1) is 0 Å². The van der Waals surface area contributed by atoms with Crippen LogP contribution in [-0.4, -0.2) is 40.6 Å². The molecule has 1 N–H and O–H groups in total. The highest BCUT2D eigenvalue weighted by atomic mass is 16.5. The van der Waals surface area contributed by atoms with Crippen molar-refractivity contribution in [3.63, 3.8) is 0 Å². The molecule has 3 heterocycles. The molecule has 4 rings (SSSR count). The van der Waals surface area contributed by atoms with Crippen LogP contribution in [0.2, 0.25) is 0 Å². The van der Waals surface area contributed by atoms with E-state index < -0.39 is 0 Å². The van der Waals surface area contributed by atoms with Crippen LogP contribution in [0.1, 0.15) is 12.5 Å². The molecule has 1 saturated heterocycles. The first-order chi connectivity index (χ1) is 14.2. The van der Waals surface area contributed by atoms with Crippen LogP contribution in [0.5, 0.6) is 5.88 Å². The average Bonchev–Trinajstić information content (AvgIpc) is 2.73. The van der Waals surface area contributed by atoms with Crippen molar-refractivity contribution in [2.75, 3.05) is 24.6 Å². The van der Waals surface area contributed by atoms with Gasteiger partial charge in [0.25, 0.3) is 0 Å². The number of aromatic nitrogens is 3. The summed E-state index contributed by atoms with van der Waals surface area (Å²) in [5.74, 6) is 1.39. The number of nitrogens with one attached hydrogen (secondary N) is 1. The molecule has 0 aliphatic carbocycles. The van der Waals surface area contributed by atoms with Crippen molar-refractivity contribution >= 4 is 11.7 Å². The Labute approximate surface area is 169 Å². The van der Waals surface area contributed by atoms with Crippen LogP contribution in [0.25, 0.3) is 11.3 Å². The van der Waals surface area contributed by atoms with Gasteiger partial charge < -0.3 is 15.0 Å². The van der Waals surface area contributed by atoms with Crippen molar-refractivity contribution < 1.29 is 9.53 Å². The number of pyridine rings is 1. The summed E-state index contributed by atoms with van der Waals surface area (Å²) in [5.41, 5.74) is 2.80. The number of hydrogen-bond acceptors (Lipinski definition) is 6. The predicted octanol–water partition coefficient (Wildman–Crippen LogP) is 2.69. The molecular weight excluding hydrogens is 366 g/mol. The predicted molar refractivity (Wildman–Crippen MR) is 110 cm³/mol. The quantitative estimate of drug-likeness (QED) is 0.669. The Hall–Kier alpha value is -3.48. The normalized spacial score (nSPS) is 13.6. The summed E-state index contributed by atoms with van der Waals surface area (Å²) < 4.78 is 5.51. The Morgan fingerprint density at radius 1 is 1.14 bits per heavy atom. The molecule has 2 aromatic heterocycles. The second kappa shape index (κ2) is 8.68. The highest BCUT2D eigenvalue weighted by molar-refractivity contribution is 5.82. The van der Waals surface area contributed by atoms with E-state index in [2.05, 4.69) is 25.2 Å². The topological polar surface area (TPSA) is 80.2 Å². The van der Waals surface area contributed by atoms with Gasteiger partial charge in [0.15, 0.2) is 0 Å². The van der Waals surface area contributed by atoms with Gasteiger partial charge in [-0.2, -0.15) is 0 Å². The Morgan fingerprint density at radius 2 is 1.97 bits per heavy atom. The number of rotatable bonds is 7.